The van der Waals surface area contributed by atoms with Gasteiger partial charge in [-0.1, -0.05) is 0 Å². The van der Waals surface area contributed by atoms with Crippen LogP contribution in [0.1, 0.15) is 28.1 Å². The molecule has 1 aromatic heterocycles. The van der Waals surface area contributed by atoms with Crippen LogP contribution in [-0.4, -0.2) is 22.6 Å². The third kappa shape index (κ3) is 0.917. The predicted molar refractivity (Wildman–Crippen MR) is 52.2 cm³/mol. The summed E-state index contributed by atoms with van der Waals surface area (Å²) in [6.07, 6.45) is 1.23. The van der Waals surface area contributed by atoms with E-state index in [-0.39, 0.29) is 17.7 Å². The minimum Gasteiger partial charge on any atom is -0.327 e. The van der Waals surface area contributed by atoms with Crippen molar-refractivity contribution >= 4 is 23.0 Å². The Hall–Kier alpha value is -1.16. The smallest absolute Gasteiger partial charge is 0.223 e. The van der Waals surface area contributed by atoms with Gasteiger partial charge in [0.15, 0.2) is 5.78 Å². The first-order valence-corrected chi connectivity index (χ1v) is 5.55. The molecule has 1 atom stereocenters. The summed E-state index contributed by atoms with van der Waals surface area (Å²) in [5.41, 5.74) is 0.839. The summed E-state index contributed by atoms with van der Waals surface area (Å²) in [7, 11) is 0. The van der Waals surface area contributed by atoms with Gasteiger partial charge in [-0.05, 0) is 17.9 Å². The third-order valence-electron chi connectivity index (χ3n) is 2.96. The van der Waals surface area contributed by atoms with Crippen molar-refractivity contribution in [2.24, 2.45) is 0 Å². The monoisotopic (exact) mass is 207 g/mol. The van der Waals surface area contributed by atoms with Crippen LogP contribution in [-0.2, 0) is 11.3 Å². The Balaban J connectivity index is 2.09. The molecular weight excluding hydrogens is 198 g/mol. The number of ketones is 1. The maximum atomic E-state index is 11.9. The zero-order valence-electron chi connectivity index (χ0n) is 7.53. The molecule has 0 radical (unpaired) electrons. The van der Waals surface area contributed by atoms with Crippen molar-refractivity contribution in [1.29, 1.82) is 0 Å². The van der Waals surface area contributed by atoms with Crippen molar-refractivity contribution in [3.8, 4) is 0 Å². The first-order valence-electron chi connectivity index (χ1n) is 4.67. The average molecular weight is 207 g/mol. The van der Waals surface area contributed by atoms with E-state index >= 15 is 0 Å². The van der Waals surface area contributed by atoms with Gasteiger partial charge in [-0.2, -0.15) is 0 Å². The number of thiophene rings is 1. The summed E-state index contributed by atoms with van der Waals surface area (Å²) < 4.78 is 0. The maximum absolute atomic E-state index is 11.9. The maximum Gasteiger partial charge on any atom is 0.223 e. The van der Waals surface area contributed by atoms with Gasteiger partial charge in [0.1, 0.15) is 0 Å². The molecule has 14 heavy (non-hydrogen) atoms. The summed E-state index contributed by atoms with van der Waals surface area (Å²) in [5, 5.41) is 1.93. The summed E-state index contributed by atoms with van der Waals surface area (Å²) in [4.78, 5) is 26.1. The molecule has 2 aliphatic rings. The van der Waals surface area contributed by atoms with Gasteiger partial charge in [0, 0.05) is 16.9 Å². The highest BCUT2D eigenvalue weighted by Crippen LogP contribution is 2.33. The molecule has 0 aromatic carbocycles. The molecule has 2 aliphatic heterocycles. The lowest BCUT2D eigenvalue weighted by atomic mass is 9.99. The fourth-order valence-corrected chi connectivity index (χ4v) is 3.10. The lowest BCUT2D eigenvalue weighted by Crippen LogP contribution is -2.41. The predicted octanol–water partition coefficient (Wildman–Crippen LogP) is 1.44. The van der Waals surface area contributed by atoms with Crippen LogP contribution in [0.15, 0.2) is 11.4 Å². The minimum atomic E-state index is -0.162. The molecule has 0 bridgehead atoms. The van der Waals surface area contributed by atoms with Gasteiger partial charge in [-0.3, -0.25) is 9.59 Å². The molecule has 4 heteroatoms. The zero-order valence-corrected chi connectivity index (χ0v) is 8.34. The molecule has 0 saturated carbocycles. The quantitative estimate of drug-likeness (QED) is 0.645. The summed E-state index contributed by atoms with van der Waals surface area (Å²) >= 11 is 1.57. The molecule has 1 amide bonds. The second-order valence-electron chi connectivity index (χ2n) is 3.70. The number of Topliss-reactive ketones (excluding diaryl/α,β-unsaturated/α-hetero) is 1. The largest absolute Gasteiger partial charge is 0.327 e. The van der Waals surface area contributed by atoms with E-state index in [0.717, 1.165) is 10.4 Å². The summed E-state index contributed by atoms with van der Waals surface area (Å²) in [6, 6.07) is 1.72. The zero-order chi connectivity index (χ0) is 9.71. The fourth-order valence-electron chi connectivity index (χ4n) is 2.22. The fraction of sp³-hybridized carbons (Fsp3) is 0.400. The second kappa shape index (κ2) is 2.67. The number of hydrogen-bond acceptors (Lipinski definition) is 3. The van der Waals surface area contributed by atoms with Gasteiger partial charge in [0.05, 0.1) is 12.6 Å². The minimum absolute atomic E-state index is 0.127. The number of carbonyl (C=O) groups is 2. The molecule has 0 unspecified atom stereocenters. The Morgan fingerprint density at radius 2 is 2.29 bits per heavy atom. The van der Waals surface area contributed by atoms with Crippen molar-refractivity contribution < 1.29 is 9.59 Å². The highest BCUT2D eigenvalue weighted by Gasteiger charge is 2.41. The SMILES string of the molecule is O=C1c2ccsc2CN2C(=O)CC[C@@H]12. The average Bonchev–Trinajstić information content (AvgIpc) is 2.75. The van der Waals surface area contributed by atoms with Crippen LogP contribution in [0.5, 0.6) is 0 Å². The molecule has 3 heterocycles. The second-order valence-corrected chi connectivity index (χ2v) is 4.70. The van der Waals surface area contributed by atoms with Gasteiger partial charge in [-0.15, -0.1) is 11.3 Å². The third-order valence-corrected chi connectivity index (χ3v) is 3.86. The molecule has 0 spiro atoms. The van der Waals surface area contributed by atoms with Crippen molar-refractivity contribution in [3.05, 3.63) is 21.9 Å². The van der Waals surface area contributed by atoms with Crippen LogP contribution in [0, 0.1) is 0 Å². The highest BCUT2D eigenvalue weighted by molar-refractivity contribution is 7.10. The number of fused-ring (bicyclic) bond motifs is 2. The molecule has 3 nitrogen and oxygen atoms in total. The molecule has 72 valence electrons. The molecule has 1 saturated heterocycles. The normalized spacial score (nSPS) is 25.1. The topological polar surface area (TPSA) is 37.4 Å². The highest BCUT2D eigenvalue weighted by atomic mass is 32.1. The van der Waals surface area contributed by atoms with Gasteiger partial charge in [-0.25, -0.2) is 0 Å². The van der Waals surface area contributed by atoms with Crippen molar-refractivity contribution in [2.75, 3.05) is 0 Å². The molecule has 1 fully saturated rings. The van der Waals surface area contributed by atoms with Crippen LogP contribution < -0.4 is 0 Å². The van der Waals surface area contributed by atoms with Gasteiger partial charge >= 0.3 is 0 Å². The van der Waals surface area contributed by atoms with Crippen LogP contribution in [0.2, 0.25) is 0 Å². The number of carbonyl (C=O) groups excluding carboxylic acids is 2. The van der Waals surface area contributed by atoms with E-state index in [0.29, 0.717) is 19.4 Å². The summed E-state index contributed by atoms with van der Waals surface area (Å²) in [6.45, 7) is 0.641. The molecular formula is C10H9NO2S. The number of rotatable bonds is 0. The number of hydrogen-bond donors (Lipinski definition) is 0. The van der Waals surface area contributed by atoms with Crippen LogP contribution in [0.3, 0.4) is 0 Å². The summed E-state index contributed by atoms with van der Waals surface area (Å²) in [5.74, 6) is 0.265. The van der Waals surface area contributed by atoms with Crippen LogP contribution >= 0.6 is 11.3 Å². The van der Waals surface area contributed by atoms with E-state index in [2.05, 4.69) is 0 Å². The lowest BCUT2D eigenvalue weighted by Gasteiger charge is -2.28. The Bertz CT molecular complexity index is 424. The van der Waals surface area contributed by atoms with Crippen molar-refractivity contribution in [2.45, 2.75) is 25.4 Å². The van der Waals surface area contributed by atoms with E-state index in [1.807, 2.05) is 11.4 Å². The first-order chi connectivity index (χ1) is 6.77. The van der Waals surface area contributed by atoms with Crippen LogP contribution in [0.25, 0.3) is 0 Å². The molecule has 0 aliphatic carbocycles. The van der Waals surface area contributed by atoms with E-state index in [1.54, 1.807) is 16.2 Å². The Morgan fingerprint density at radius 1 is 1.43 bits per heavy atom. The Morgan fingerprint density at radius 3 is 3.14 bits per heavy atom. The number of nitrogens with zero attached hydrogens (tertiary/aromatic N) is 1. The Kier molecular flexibility index (Phi) is 1.56. The standard InChI is InChI=1S/C10H9NO2S/c12-9-2-1-7-10(13)6-3-4-14-8(6)5-11(7)9/h3-4,7H,1-2,5H2/t7-/m0/s1. The Labute approximate surface area is 85.3 Å². The van der Waals surface area contributed by atoms with Gasteiger partial charge in [0.25, 0.3) is 0 Å². The van der Waals surface area contributed by atoms with Gasteiger partial charge in [0.2, 0.25) is 5.91 Å². The van der Waals surface area contributed by atoms with E-state index in [4.69, 9.17) is 0 Å². The van der Waals surface area contributed by atoms with E-state index < -0.39 is 0 Å². The first kappa shape index (κ1) is 8.17. The number of amides is 1. The van der Waals surface area contributed by atoms with Crippen LogP contribution in [0.4, 0.5) is 0 Å². The van der Waals surface area contributed by atoms with Crippen molar-refractivity contribution in [1.82, 2.24) is 4.90 Å². The van der Waals surface area contributed by atoms with Gasteiger partial charge < -0.3 is 4.90 Å². The molecule has 3 rings (SSSR count). The molecule has 1 aromatic rings. The van der Waals surface area contributed by atoms with E-state index in [9.17, 15) is 9.59 Å². The lowest BCUT2D eigenvalue weighted by molar-refractivity contribution is -0.129. The van der Waals surface area contributed by atoms with E-state index in [1.165, 1.54) is 0 Å². The van der Waals surface area contributed by atoms with Crippen molar-refractivity contribution in [3.63, 3.8) is 0 Å². The molecule has 0 N–H and O–H groups in total.